The first kappa shape index (κ1) is 38.8. The third-order valence-electron chi connectivity index (χ3n) is 7.42. The fourth-order valence-corrected chi connectivity index (χ4v) is 5.07. The van der Waals surface area contributed by atoms with Crippen molar-refractivity contribution in [2.24, 2.45) is 11.7 Å². The number of hydrogen-bond acceptors (Lipinski definition) is 11. The Labute approximate surface area is 276 Å². The number of nitrogens with one attached hydrogen (secondary N) is 4. The first-order valence-corrected chi connectivity index (χ1v) is 15.4. The van der Waals surface area contributed by atoms with Crippen LogP contribution < -0.4 is 27.0 Å². The number of rotatable bonds is 17. The molecule has 47 heavy (non-hydrogen) atoms. The highest BCUT2D eigenvalue weighted by Crippen LogP contribution is 2.21. The van der Waals surface area contributed by atoms with Crippen LogP contribution in [-0.4, -0.2) is 122 Å². The minimum absolute atomic E-state index is 0.0290. The molecule has 1 heterocycles. The van der Waals surface area contributed by atoms with Gasteiger partial charge < -0.3 is 52.3 Å². The zero-order valence-corrected chi connectivity index (χ0v) is 26.8. The number of carbonyl (C=O) groups excluding carboxylic acids is 5. The molecule has 1 aromatic carbocycles. The maximum absolute atomic E-state index is 13.7. The quantitative estimate of drug-likeness (QED) is 0.0754. The first-order valence-electron chi connectivity index (χ1n) is 14.8. The van der Waals surface area contributed by atoms with Gasteiger partial charge in [0, 0.05) is 18.7 Å². The number of phenols is 1. The number of aliphatic carboxylic acids is 2. The lowest BCUT2D eigenvalue weighted by Crippen LogP contribution is -2.60. The second-order valence-electron chi connectivity index (χ2n) is 11.4. The molecule has 0 aromatic heterocycles. The van der Waals surface area contributed by atoms with Crippen molar-refractivity contribution in [3.63, 3.8) is 0 Å². The van der Waals surface area contributed by atoms with E-state index in [4.69, 9.17) is 5.73 Å². The number of carboxylic acid groups (broad SMARTS) is 2. The van der Waals surface area contributed by atoms with Crippen molar-refractivity contribution in [1.82, 2.24) is 26.2 Å². The number of aromatic hydroxyl groups is 1. The summed E-state index contributed by atoms with van der Waals surface area (Å²) in [7, 11) is 0. The Kier molecular flexibility index (Phi) is 14.9. The predicted octanol–water partition coefficient (Wildman–Crippen LogP) is -2.67. The Morgan fingerprint density at radius 1 is 0.915 bits per heavy atom. The number of benzene rings is 1. The van der Waals surface area contributed by atoms with Crippen LogP contribution >= 0.6 is 12.6 Å². The number of carbonyl (C=O) groups is 7. The van der Waals surface area contributed by atoms with Crippen molar-refractivity contribution < 1.29 is 54.0 Å². The predicted molar refractivity (Wildman–Crippen MR) is 168 cm³/mol. The van der Waals surface area contributed by atoms with E-state index in [1.54, 1.807) is 13.8 Å². The van der Waals surface area contributed by atoms with Crippen molar-refractivity contribution in [2.75, 3.05) is 18.9 Å². The molecule has 0 bridgehead atoms. The lowest BCUT2D eigenvalue weighted by molar-refractivity contribution is -0.146. The number of aliphatic hydroxyl groups is 1. The summed E-state index contributed by atoms with van der Waals surface area (Å²) in [5.74, 6) is -7.76. The number of nitrogens with zero attached hydrogens (tertiary/aromatic N) is 1. The highest BCUT2D eigenvalue weighted by molar-refractivity contribution is 7.80. The molecule has 0 saturated carbocycles. The molecule has 1 aliphatic rings. The van der Waals surface area contributed by atoms with E-state index in [9.17, 15) is 54.0 Å². The van der Waals surface area contributed by atoms with Crippen LogP contribution in [-0.2, 0) is 40.0 Å². The van der Waals surface area contributed by atoms with Gasteiger partial charge in [0.2, 0.25) is 29.5 Å². The zero-order chi connectivity index (χ0) is 35.4. The monoisotopic (exact) mass is 682 g/mol. The summed E-state index contributed by atoms with van der Waals surface area (Å²) in [6.07, 6.45) is -0.531. The molecule has 260 valence electrons. The third-order valence-corrected chi connectivity index (χ3v) is 7.78. The Morgan fingerprint density at radius 3 is 2.04 bits per heavy atom. The van der Waals surface area contributed by atoms with Gasteiger partial charge in [-0.2, -0.15) is 12.6 Å². The molecule has 5 amide bonds. The molecular weight excluding hydrogens is 640 g/mol. The topological polar surface area (TPSA) is 278 Å². The van der Waals surface area contributed by atoms with Crippen LogP contribution in [0.3, 0.4) is 0 Å². The van der Waals surface area contributed by atoms with Crippen LogP contribution in [0.25, 0.3) is 0 Å². The van der Waals surface area contributed by atoms with Crippen LogP contribution in [0.2, 0.25) is 0 Å². The van der Waals surface area contributed by atoms with Crippen LogP contribution in [0.5, 0.6) is 5.75 Å². The van der Waals surface area contributed by atoms with E-state index >= 15 is 0 Å². The highest BCUT2D eigenvalue weighted by Gasteiger charge is 2.41. The Bertz CT molecular complexity index is 1310. The van der Waals surface area contributed by atoms with Gasteiger partial charge in [0.05, 0.1) is 13.0 Å². The summed E-state index contributed by atoms with van der Waals surface area (Å²) in [6.45, 7) is 2.54. The van der Waals surface area contributed by atoms with Gasteiger partial charge in [-0.1, -0.05) is 26.0 Å². The minimum Gasteiger partial charge on any atom is -0.508 e. The van der Waals surface area contributed by atoms with E-state index in [2.05, 4.69) is 33.9 Å². The molecule has 0 unspecified atom stereocenters. The fraction of sp³-hybridized carbons (Fsp3) is 0.552. The van der Waals surface area contributed by atoms with Gasteiger partial charge in [-0.15, -0.1) is 0 Å². The van der Waals surface area contributed by atoms with Gasteiger partial charge in [-0.25, -0.2) is 4.79 Å². The van der Waals surface area contributed by atoms with Gasteiger partial charge in [-0.3, -0.25) is 28.8 Å². The first-order chi connectivity index (χ1) is 22.1. The number of carboxylic acids is 2. The largest absolute Gasteiger partial charge is 0.508 e. The van der Waals surface area contributed by atoms with E-state index in [-0.39, 0.29) is 30.9 Å². The number of thiol groups is 1. The van der Waals surface area contributed by atoms with Gasteiger partial charge in [0.15, 0.2) is 0 Å². The maximum atomic E-state index is 13.7. The zero-order valence-electron chi connectivity index (χ0n) is 25.9. The van der Waals surface area contributed by atoms with Gasteiger partial charge in [-0.05, 0) is 36.5 Å². The molecule has 2 rings (SSSR count). The second kappa shape index (κ2) is 18.1. The lowest BCUT2D eigenvalue weighted by Gasteiger charge is -2.31. The number of likely N-dealkylation sites (tertiary alicyclic amines) is 1. The number of nitrogens with two attached hydrogens (primary N) is 1. The van der Waals surface area contributed by atoms with Crippen LogP contribution in [0.1, 0.15) is 38.7 Å². The summed E-state index contributed by atoms with van der Waals surface area (Å²) in [5.41, 5.74) is 6.06. The SMILES string of the molecule is CC(C)[C@H](NC(=O)[C@@H]1CCCN1C(=O)[C@H](CC(=O)O)NC(=O)[C@H](Cc1ccc(O)cc1)NC(=O)[C@@H](N)CO)C(=O)N[C@@H](CS)C(=O)O. The van der Waals surface area contributed by atoms with Crippen LogP contribution in [0, 0.1) is 5.92 Å². The molecule has 1 saturated heterocycles. The average molecular weight is 683 g/mol. The molecule has 1 fully saturated rings. The minimum atomic E-state index is -1.67. The molecule has 18 heteroatoms. The summed E-state index contributed by atoms with van der Waals surface area (Å²) >= 11 is 3.92. The van der Waals surface area contributed by atoms with Crippen molar-refractivity contribution in [2.45, 2.75) is 75.8 Å². The van der Waals surface area contributed by atoms with E-state index in [1.165, 1.54) is 24.3 Å². The van der Waals surface area contributed by atoms with E-state index in [0.29, 0.717) is 12.0 Å². The highest BCUT2D eigenvalue weighted by atomic mass is 32.1. The summed E-state index contributed by atoms with van der Waals surface area (Å²) in [6, 6.07) is -2.41. The third kappa shape index (κ3) is 11.4. The molecule has 0 radical (unpaired) electrons. The summed E-state index contributed by atoms with van der Waals surface area (Å²) < 4.78 is 0. The van der Waals surface area contributed by atoms with Crippen molar-refractivity contribution >= 4 is 54.1 Å². The smallest absolute Gasteiger partial charge is 0.327 e. The number of phenolic OH excluding ortho intramolecular Hbond substituents is 1. The molecule has 10 N–H and O–H groups in total. The molecular formula is C29H42N6O11S. The number of amides is 5. The average Bonchev–Trinajstić information content (AvgIpc) is 3.51. The Hall–Kier alpha value is -4.42. The summed E-state index contributed by atoms with van der Waals surface area (Å²) in [5, 5.41) is 47.2. The lowest BCUT2D eigenvalue weighted by atomic mass is 10.0. The number of aliphatic hydroxyl groups excluding tert-OH is 1. The Morgan fingerprint density at radius 2 is 1.51 bits per heavy atom. The molecule has 0 aliphatic carbocycles. The maximum Gasteiger partial charge on any atom is 0.327 e. The summed E-state index contributed by atoms with van der Waals surface area (Å²) in [4.78, 5) is 90.0. The molecule has 6 atom stereocenters. The van der Waals surface area contributed by atoms with E-state index in [0.717, 1.165) is 4.90 Å². The second-order valence-corrected chi connectivity index (χ2v) is 11.7. The molecule has 17 nitrogen and oxygen atoms in total. The van der Waals surface area contributed by atoms with Crippen molar-refractivity contribution in [1.29, 1.82) is 0 Å². The fourth-order valence-electron chi connectivity index (χ4n) is 4.82. The Balaban J connectivity index is 2.27. The van der Waals surface area contributed by atoms with Crippen molar-refractivity contribution in [3.05, 3.63) is 29.8 Å². The van der Waals surface area contributed by atoms with E-state index in [1.807, 2.05) is 0 Å². The van der Waals surface area contributed by atoms with Gasteiger partial charge >= 0.3 is 11.9 Å². The van der Waals surface area contributed by atoms with Gasteiger partial charge in [0.1, 0.15) is 42.0 Å². The standard InChI is InChI=1S/C29H42N6O11S/c1-14(2)23(27(43)33-20(13-47)29(45)46)34-26(42)21-4-3-9-35(21)28(44)19(11-22(38)39)32-25(41)18(31-24(40)17(30)12-36)10-15-5-7-16(37)8-6-15/h5-8,14,17-21,23,36-37,47H,3-4,9-13,30H2,1-2H3,(H,31,40)(H,32,41)(H,33,43)(H,34,42)(H,38,39)(H,45,46)/t17-,18-,19-,20-,21-,23-/m0/s1. The van der Waals surface area contributed by atoms with Crippen molar-refractivity contribution in [3.8, 4) is 5.75 Å². The normalized spacial score (nSPS) is 17.5. The van der Waals surface area contributed by atoms with E-state index < -0.39 is 96.7 Å². The number of hydrogen-bond donors (Lipinski definition) is 10. The molecule has 1 aromatic rings. The van der Waals surface area contributed by atoms with Crippen LogP contribution in [0.4, 0.5) is 0 Å². The molecule has 0 spiro atoms. The van der Waals surface area contributed by atoms with Crippen LogP contribution in [0.15, 0.2) is 24.3 Å². The molecule has 1 aliphatic heterocycles. The van der Waals surface area contributed by atoms with Gasteiger partial charge in [0.25, 0.3) is 0 Å².